The number of anilines is 1. The summed E-state index contributed by atoms with van der Waals surface area (Å²) >= 11 is 6.62. The van der Waals surface area contributed by atoms with Crippen LogP contribution in [0.3, 0.4) is 0 Å². The molecule has 0 atom stereocenters. The Morgan fingerprint density at radius 3 is 2.50 bits per heavy atom. The van der Waals surface area contributed by atoms with Gasteiger partial charge in [-0.25, -0.2) is 0 Å². The number of hydrazine groups is 1. The van der Waals surface area contributed by atoms with Gasteiger partial charge in [-0.05, 0) is 54.0 Å². The minimum Gasteiger partial charge on any atom is -0.486 e. The van der Waals surface area contributed by atoms with Gasteiger partial charge in [0.15, 0.2) is 16.6 Å². The third-order valence-electron chi connectivity index (χ3n) is 4.03. The molecule has 0 unspecified atom stereocenters. The molecule has 6 nitrogen and oxygen atoms in total. The summed E-state index contributed by atoms with van der Waals surface area (Å²) in [7, 11) is 0. The molecule has 3 rings (SSSR count). The monoisotopic (exact) mass is 417 g/mol. The summed E-state index contributed by atoms with van der Waals surface area (Å²) in [5.74, 6) is 1.99. The van der Waals surface area contributed by atoms with Crippen molar-refractivity contribution in [2.24, 2.45) is 0 Å². The van der Waals surface area contributed by atoms with Crippen LogP contribution < -0.4 is 25.6 Å². The van der Waals surface area contributed by atoms with E-state index in [0.29, 0.717) is 30.0 Å². The largest absolute Gasteiger partial charge is 0.486 e. The summed E-state index contributed by atoms with van der Waals surface area (Å²) in [5, 5.41) is 3.37. The molecule has 1 amide bonds. The number of rotatable bonds is 5. The lowest BCUT2D eigenvalue weighted by Crippen LogP contribution is -2.44. The van der Waals surface area contributed by atoms with Crippen LogP contribution in [-0.4, -0.2) is 30.0 Å². The van der Waals surface area contributed by atoms with Crippen LogP contribution in [-0.2, 0) is 4.79 Å². The fourth-order valence-corrected chi connectivity index (χ4v) is 3.43. The molecule has 3 N–H and O–H groups in total. The highest BCUT2D eigenvalue weighted by Gasteiger charge is 2.12. The van der Waals surface area contributed by atoms with E-state index < -0.39 is 0 Å². The Hall–Kier alpha value is -2.45. The predicted molar refractivity (Wildman–Crippen MR) is 116 cm³/mol. The fraction of sp³-hybridized carbons (Fsp3) is 0.300. The number of carbonyl (C=O) groups is 1. The van der Waals surface area contributed by atoms with Crippen molar-refractivity contribution in [3.63, 3.8) is 0 Å². The van der Waals surface area contributed by atoms with Crippen molar-refractivity contribution in [3.05, 3.63) is 48.0 Å². The molecule has 0 bridgehead atoms. The number of fused-ring (bicyclic) bond motifs is 1. The van der Waals surface area contributed by atoms with Crippen LogP contribution in [0.15, 0.2) is 47.4 Å². The SMILES string of the molecule is CC(C)c1ccc(NC(=S)NNC(=O)CSc2ccc3c(c2)OCCO3)cc1. The van der Waals surface area contributed by atoms with E-state index in [0.717, 1.165) is 16.3 Å². The zero-order valence-corrected chi connectivity index (χ0v) is 17.4. The Bertz CT molecular complexity index is 841. The molecule has 0 saturated carbocycles. The van der Waals surface area contributed by atoms with Gasteiger partial charge in [-0.15, -0.1) is 11.8 Å². The number of thioether (sulfide) groups is 1. The molecular formula is C20H23N3O3S2. The van der Waals surface area contributed by atoms with E-state index in [4.69, 9.17) is 21.7 Å². The van der Waals surface area contributed by atoms with Crippen molar-refractivity contribution in [1.82, 2.24) is 10.9 Å². The first-order valence-corrected chi connectivity index (χ1v) is 10.4. The van der Waals surface area contributed by atoms with Crippen molar-refractivity contribution in [3.8, 4) is 11.5 Å². The molecule has 1 aliphatic heterocycles. The molecule has 1 aliphatic rings. The lowest BCUT2D eigenvalue weighted by Gasteiger charge is -2.18. The number of carbonyl (C=O) groups excluding carboxylic acids is 1. The summed E-state index contributed by atoms with van der Waals surface area (Å²) in [4.78, 5) is 13.0. The highest BCUT2D eigenvalue weighted by molar-refractivity contribution is 8.00. The second-order valence-electron chi connectivity index (χ2n) is 6.50. The number of thiocarbonyl (C=S) groups is 1. The van der Waals surface area contributed by atoms with Crippen LogP contribution in [0.25, 0.3) is 0 Å². The number of benzene rings is 2. The molecule has 1 heterocycles. The molecule has 2 aromatic rings. The zero-order chi connectivity index (χ0) is 19.9. The Kier molecular flexibility index (Phi) is 7.00. The Morgan fingerprint density at radius 1 is 1.07 bits per heavy atom. The van der Waals surface area contributed by atoms with Gasteiger partial charge in [-0.2, -0.15) is 0 Å². The van der Waals surface area contributed by atoms with Crippen LogP contribution >= 0.6 is 24.0 Å². The van der Waals surface area contributed by atoms with Gasteiger partial charge in [0.1, 0.15) is 13.2 Å². The number of hydrogen-bond acceptors (Lipinski definition) is 5. The average Bonchev–Trinajstić information content (AvgIpc) is 2.71. The first-order valence-electron chi connectivity index (χ1n) is 8.99. The van der Waals surface area contributed by atoms with Gasteiger partial charge in [0, 0.05) is 10.6 Å². The van der Waals surface area contributed by atoms with E-state index in [1.54, 1.807) is 0 Å². The molecular weight excluding hydrogens is 394 g/mol. The van der Waals surface area contributed by atoms with E-state index >= 15 is 0 Å². The average molecular weight is 418 g/mol. The number of amides is 1. The maximum Gasteiger partial charge on any atom is 0.248 e. The summed E-state index contributed by atoms with van der Waals surface area (Å²) in [6.45, 7) is 5.39. The predicted octanol–water partition coefficient (Wildman–Crippen LogP) is 3.69. The number of nitrogens with one attached hydrogen (secondary N) is 3. The first kappa shape index (κ1) is 20.3. The van der Waals surface area contributed by atoms with E-state index in [1.165, 1.54) is 17.3 Å². The van der Waals surface area contributed by atoms with Gasteiger partial charge in [-0.3, -0.25) is 15.6 Å². The summed E-state index contributed by atoms with van der Waals surface area (Å²) in [6, 6.07) is 13.7. The quantitative estimate of drug-likeness (QED) is 0.389. The Labute approximate surface area is 174 Å². The molecule has 0 saturated heterocycles. The van der Waals surface area contributed by atoms with Crippen LogP contribution in [0, 0.1) is 0 Å². The minimum absolute atomic E-state index is 0.181. The molecule has 2 aromatic carbocycles. The zero-order valence-electron chi connectivity index (χ0n) is 15.8. The number of hydrogen-bond donors (Lipinski definition) is 3. The van der Waals surface area contributed by atoms with Gasteiger partial charge in [0.05, 0.1) is 5.75 Å². The molecule has 0 radical (unpaired) electrons. The third kappa shape index (κ3) is 5.77. The topological polar surface area (TPSA) is 71.6 Å². The van der Waals surface area contributed by atoms with Gasteiger partial charge < -0.3 is 14.8 Å². The van der Waals surface area contributed by atoms with Crippen molar-refractivity contribution in [1.29, 1.82) is 0 Å². The van der Waals surface area contributed by atoms with Gasteiger partial charge in [0.2, 0.25) is 5.91 Å². The van der Waals surface area contributed by atoms with Gasteiger partial charge in [-0.1, -0.05) is 26.0 Å². The maximum absolute atomic E-state index is 12.0. The fourth-order valence-electron chi connectivity index (χ4n) is 2.54. The maximum atomic E-state index is 12.0. The third-order valence-corrected chi connectivity index (χ3v) is 5.23. The van der Waals surface area contributed by atoms with Crippen LogP contribution in [0.1, 0.15) is 25.3 Å². The van der Waals surface area contributed by atoms with Crippen LogP contribution in [0.2, 0.25) is 0 Å². The van der Waals surface area contributed by atoms with Crippen LogP contribution in [0.4, 0.5) is 5.69 Å². The van der Waals surface area contributed by atoms with E-state index in [1.807, 2.05) is 30.3 Å². The second-order valence-corrected chi connectivity index (χ2v) is 7.96. The molecule has 0 fully saturated rings. The molecule has 8 heteroatoms. The van der Waals surface area contributed by atoms with Gasteiger partial charge in [0.25, 0.3) is 0 Å². The summed E-state index contributed by atoms with van der Waals surface area (Å²) < 4.78 is 11.0. The molecule has 0 aromatic heterocycles. The molecule has 28 heavy (non-hydrogen) atoms. The number of ether oxygens (including phenoxy) is 2. The summed E-state index contributed by atoms with van der Waals surface area (Å²) in [6.07, 6.45) is 0. The minimum atomic E-state index is -0.181. The van der Waals surface area contributed by atoms with E-state index in [2.05, 4.69) is 42.1 Å². The van der Waals surface area contributed by atoms with Crippen LogP contribution in [0.5, 0.6) is 11.5 Å². The summed E-state index contributed by atoms with van der Waals surface area (Å²) in [5.41, 5.74) is 7.43. The smallest absolute Gasteiger partial charge is 0.248 e. The molecule has 148 valence electrons. The van der Waals surface area contributed by atoms with E-state index in [9.17, 15) is 4.79 Å². The Balaban J connectivity index is 1.40. The standard InChI is InChI=1S/C20H23N3O3S2/c1-13(2)14-3-5-15(6-4-14)21-20(27)23-22-19(24)12-28-16-7-8-17-18(11-16)26-10-9-25-17/h3-8,11,13H,9-10,12H2,1-2H3,(H,22,24)(H2,21,23,27). The van der Waals surface area contributed by atoms with Crippen molar-refractivity contribution in [2.45, 2.75) is 24.7 Å². The second kappa shape index (κ2) is 9.66. The van der Waals surface area contributed by atoms with Crippen molar-refractivity contribution in [2.75, 3.05) is 24.3 Å². The highest BCUT2D eigenvalue weighted by Crippen LogP contribution is 2.34. The normalized spacial score (nSPS) is 12.4. The highest BCUT2D eigenvalue weighted by atomic mass is 32.2. The molecule has 0 aliphatic carbocycles. The molecule has 0 spiro atoms. The van der Waals surface area contributed by atoms with E-state index in [-0.39, 0.29) is 11.7 Å². The van der Waals surface area contributed by atoms with Crippen molar-refractivity contribution >= 4 is 40.7 Å². The first-order chi connectivity index (χ1) is 13.5. The van der Waals surface area contributed by atoms with Gasteiger partial charge >= 0.3 is 0 Å². The lowest BCUT2D eigenvalue weighted by atomic mass is 10.0. The Morgan fingerprint density at radius 2 is 1.79 bits per heavy atom. The van der Waals surface area contributed by atoms with Crippen molar-refractivity contribution < 1.29 is 14.3 Å². The lowest BCUT2D eigenvalue weighted by molar-refractivity contribution is -0.119.